The second-order valence-corrected chi connectivity index (χ2v) is 4.60. The second-order valence-electron chi connectivity index (χ2n) is 3.61. The minimum absolute atomic E-state index is 1.17. The highest BCUT2D eigenvalue weighted by Crippen LogP contribution is 2.29. The van der Waals surface area contributed by atoms with E-state index in [1.807, 2.05) is 11.8 Å². The van der Waals surface area contributed by atoms with Crippen LogP contribution in [0.4, 0.5) is 0 Å². The number of thioether (sulfide) groups is 1. The molecule has 0 atom stereocenters. The molecule has 15 heavy (non-hydrogen) atoms. The maximum atomic E-state index is 2.23. The Bertz CT molecular complexity index is 283. The molecule has 1 aliphatic rings. The van der Waals surface area contributed by atoms with Crippen LogP contribution in [0.3, 0.4) is 0 Å². The highest BCUT2D eigenvalue weighted by atomic mass is 32.2. The number of hydrogen-bond donors (Lipinski definition) is 0. The number of aryl methyl sites for hydroxylation is 1. The van der Waals surface area contributed by atoms with Gasteiger partial charge in [-0.15, -0.1) is 0 Å². The van der Waals surface area contributed by atoms with Crippen molar-refractivity contribution in [3.63, 3.8) is 0 Å². The van der Waals surface area contributed by atoms with E-state index in [-0.39, 0.29) is 0 Å². The molecule has 2 rings (SSSR count). The first-order valence-corrected chi connectivity index (χ1v) is 6.59. The largest absolute Gasteiger partial charge is 0.165 e. The maximum Gasteiger partial charge on any atom is 0.0124 e. The summed E-state index contributed by atoms with van der Waals surface area (Å²) in [5.41, 5.74) is 2.74. The van der Waals surface area contributed by atoms with E-state index in [1.54, 1.807) is 0 Å². The lowest BCUT2D eigenvalue weighted by Crippen LogP contribution is -1.95. The maximum absolute atomic E-state index is 2.23. The molecular weight excluding hydrogens is 200 g/mol. The second kappa shape index (κ2) is 5.60. The summed E-state index contributed by atoms with van der Waals surface area (Å²) in [6.07, 6.45) is 11.8. The summed E-state index contributed by atoms with van der Waals surface area (Å²) in [5.74, 6) is 2.52. The minimum atomic E-state index is 1.17. The van der Waals surface area contributed by atoms with Crippen molar-refractivity contribution in [1.29, 1.82) is 0 Å². The Labute approximate surface area is 97.5 Å². The molecule has 1 saturated carbocycles. The molecule has 1 aromatic rings. The summed E-state index contributed by atoms with van der Waals surface area (Å²) < 4.78 is 0. The Morgan fingerprint density at radius 2 is 1.67 bits per heavy atom. The summed E-state index contributed by atoms with van der Waals surface area (Å²) >= 11 is 1.90. The van der Waals surface area contributed by atoms with Crippen LogP contribution in [0.1, 0.15) is 11.1 Å². The number of benzene rings is 1. The van der Waals surface area contributed by atoms with E-state index >= 15 is 0 Å². The summed E-state index contributed by atoms with van der Waals surface area (Å²) in [6, 6.07) is 8.90. The molecule has 0 unspecified atom stereocenters. The molecule has 0 heterocycles. The Hall–Kier alpha value is -0.430. The third-order valence-electron chi connectivity index (χ3n) is 2.54. The number of rotatable bonds is 4. The lowest BCUT2D eigenvalue weighted by molar-refractivity contribution is 1.15. The Morgan fingerprint density at radius 3 is 2.27 bits per heavy atom. The summed E-state index contributed by atoms with van der Waals surface area (Å²) in [4.78, 5) is 0. The summed E-state index contributed by atoms with van der Waals surface area (Å²) in [7, 11) is 0. The monoisotopic (exact) mass is 215 g/mol. The zero-order chi connectivity index (χ0) is 10.5. The fraction of sp³-hybridized carbons (Fsp3) is 0.214. The van der Waals surface area contributed by atoms with Crippen LogP contribution in [0.2, 0.25) is 0 Å². The first-order valence-electron chi connectivity index (χ1n) is 5.20. The van der Waals surface area contributed by atoms with Crippen LogP contribution < -0.4 is 0 Å². The van der Waals surface area contributed by atoms with Gasteiger partial charge in [0.05, 0.1) is 0 Å². The van der Waals surface area contributed by atoms with E-state index in [1.165, 1.54) is 29.2 Å². The molecule has 5 radical (unpaired) electrons. The van der Waals surface area contributed by atoms with Crippen molar-refractivity contribution in [1.82, 2.24) is 0 Å². The SMILES string of the molecule is CSCCc1ccc([C]2[CH][CH][CH][CH]2)cc1. The standard InChI is InChI=1S/C14H15S/c1-15-11-10-12-6-8-14(9-7-12)13-4-2-3-5-13/h2-9H,10-11H2,1H3. The Morgan fingerprint density at radius 1 is 1.00 bits per heavy atom. The third kappa shape index (κ3) is 3.01. The third-order valence-corrected chi connectivity index (χ3v) is 3.16. The highest BCUT2D eigenvalue weighted by Gasteiger charge is 2.18. The summed E-state index contributed by atoms with van der Waals surface area (Å²) in [5, 5.41) is 0. The molecule has 0 N–H and O–H groups in total. The lowest BCUT2D eigenvalue weighted by atomic mass is 9.96. The van der Waals surface area contributed by atoms with Gasteiger partial charge in [-0.1, -0.05) is 24.3 Å². The van der Waals surface area contributed by atoms with Crippen LogP contribution in [-0.4, -0.2) is 12.0 Å². The van der Waals surface area contributed by atoms with Gasteiger partial charge >= 0.3 is 0 Å². The fourth-order valence-electron chi connectivity index (χ4n) is 1.65. The van der Waals surface area contributed by atoms with Crippen molar-refractivity contribution in [3.8, 4) is 0 Å². The average molecular weight is 215 g/mol. The van der Waals surface area contributed by atoms with Crippen LogP contribution in [0, 0.1) is 31.6 Å². The van der Waals surface area contributed by atoms with E-state index in [0.29, 0.717) is 0 Å². The quantitative estimate of drug-likeness (QED) is 0.742. The predicted molar refractivity (Wildman–Crippen MR) is 68.1 cm³/mol. The lowest BCUT2D eigenvalue weighted by Gasteiger charge is -2.08. The van der Waals surface area contributed by atoms with Gasteiger partial charge < -0.3 is 0 Å². The molecule has 0 nitrogen and oxygen atoms in total. The van der Waals surface area contributed by atoms with E-state index < -0.39 is 0 Å². The van der Waals surface area contributed by atoms with Crippen LogP contribution in [-0.2, 0) is 6.42 Å². The van der Waals surface area contributed by atoms with Gasteiger partial charge in [0.2, 0.25) is 0 Å². The van der Waals surface area contributed by atoms with Crippen molar-refractivity contribution in [3.05, 3.63) is 67.0 Å². The predicted octanol–water partition coefficient (Wildman–Crippen LogP) is 3.35. The van der Waals surface area contributed by atoms with E-state index in [9.17, 15) is 0 Å². The topological polar surface area (TPSA) is 0 Å². The molecule has 77 valence electrons. The van der Waals surface area contributed by atoms with E-state index in [2.05, 4.69) is 56.2 Å². The van der Waals surface area contributed by atoms with E-state index in [0.717, 1.165) is 0 Å². The van der Waals surface area contributed by atoms with Gasteiger partial charge in [0.15, 0.2) is 0 Å². The zero-order valence-corrected chi connectivity index (χ0v) is 9.76. The van der Waals surface area contributed by atoms with Crippen molar-refractivity contribution >= 4 is 11.8 Å². The van der Waals surface area contributed by atoms with Gasteiger partial charge in [0.25, 0.3) is 0 Å². The van der Waals surface area contributed by atoms with Crippen LogP contribution >= 0.6 is 11.8 Å². The minimum Gasteiger partial charge on any atom is -0.165 e. The van der Waals surface area contributed by atoms with Crippen molar-refractivity contribution < 1.29 is 0 Å². The molecule has 1 fully saturated rings. The average Bonchev–Trinajstić information content (AvgIpc) is 2.80. The Kier molecular flexibility index (Phi) is 4.13. The molecule has 0 aromatic heterocycles. The molecule has 0 bridgehead atoms. The molecule has 1 aliphatic carbocycles. The van der Waals surface area contributed by atoms with Crippen LogP contribution in [0.5, 0.6) is 0 Å². The van der Waals surface area contributed by atoms with Crippen LogP contribution in [0.15, 0.2) is 24.3 Å². The van der Waals surface area contributed by atoms with Crippen molar-refractivity contribution in [2.75, 3.05) is 12.0 Å². The van der Waals surface area contributed by atoms with E-state index in [4.69, 9.17) is 0 Å². The van der Waals surface area contributed by atoms with Crippen molar-refractivity contribution in [2.45, 2.75) is 6.42 Å². The molecular formula is C14H15S. The van der Waals surface area contributed by atoms with Gasteiger partial charge in [-0.05, 0) is 55.2 Å². The smallest absolute Gasteiger partial charge is 0.0124 e. The summed E-state index contributed by atoms with van der Waals surface area (Å²) in [6.45, 7) is 0. The Balaban J connectivity index is 1.96. The fourth-order valence-corrected chi connectivity index (χ4v) is 2.09. The molecule has 0 aliphatic heterocycles. The molecule has 1 heteroatoms. The van der Waals surface area contributed by atoms with Gasteiger partial charge in [-0.25, -0.2) is 0 Å². The van der Waals surface area contributed by atoms with Gasteiger partial charge in [-0.3, -0.25) is 0 Å². The highest BCUT2D eigenvalue weighted by molar-refractivity contribution is 7.98. The van der Waals surface area contributed by atoms with Gasteiger partial charge in [0, 0.05) is 5.92 Å². The molecule has 0 saturated heterocycles. The normalized spacial score (nSPS) is 17.1. The zero-order valence-electron chi connectivity index (χ0n) is 8.94. The van der Waals surface area contributed by atoms with Gasteiger partial charge in [-0.2, -0.15) is 11.8 Å². The first-order chi connectivity index (χ1) is 7.40. The van der Waals surface area contributed by atoms with Crippen molar-refractivity contribution in [2.24, 2.45) is 0 Å². The van der Waals surface area contributed by atoms with Gasteiger partial charge in [0.1, 0.15) is 0 Å². The number of hydrogen-bond acceptors (Lipinski definition) is 1. The van der Waals surface area contributed by atoms with Crippen LogP contribution in [0.25, 0.3) is 0 Å². The molecule has 0 amide bonds. The molecule has 1 aromatic carbocycles. The first kappa shape index (κ1) is 11.1. The molecule has 0 spiro atoms.